The summed E-state index contributed by atoms with van der Waals surface area (Å²) in [7, 11) is 0.401. The number of ether oxygens (including phenoxy) is 1. The van der Waals surface area contributed by atoms with E-state index >= 15 is 0 Å². The number of rotatable bonds is 11. The first kappa shape index (κ1) is 26.2. The van der Waals surface area contributed by atoms with Crippen molar-refractivity contribution in [3.05, 3.63) is 35.9 Å². The Hall–Kier alpha value is -0.870. The molecule has 0 heterocycles. The van der Waals surface area contributed by atoms with Crippen molar-refractivity contribution < 1.29 is 13.2 Å². The van der Waals surface area contributed by atoms with E-state index in [0.29, 0.717) is 13.0 Å². The van der Waals surface area contributed by atoms with Gasteiger partial charge in [-0.3, -0.25) is 4.99 Å². The third-order valence-electron chi connectivity index (χ3n) is 5.51. The van der Waals surface area contributed by atoms with Crippen molar-refractivity contribution in [1.82, 2.24) is 10.6 Å². The third-order valence-corrected chi connectivity index (χ3v) is 7.19. The summed E-state index contributed by atoms with van der Waals surface area (Å²) in [6.07, 6.45) is 6.61. The van der Waals surface area contributed by atoms with Gasteiger partial charge >= 0.3 is 0 Å². The van der Waals surface area contributed by atoms with Gasteiger partial charge in [0, 0.05) is 33.9 Å². The first-order valence-electron chi connectivity index (χ1n) is 10.2. The van der Waals surface area contributed by atoms with Crippen LogP contribution in [0.3, 0.4) is 0 Å². The second kappa shape index (κ2) is 13.4. The van der Waals surface area contributed by atoms with Gasteiger partial charge in [-0.1, -0.05) is 43.2 Å². The minimum absolute atomic E-state index is 0. The van der Waals surface area contributed by atoms with Gasteiger partial charge in [-0.25, -0.2) is 8.42 Å². The molecule has 0 aromatic heterocycles. The molecule has 2 rings (SSSR count). The van der Waals surface area contributed by atoms with E-state index < -0.39 is 9.84 Å². The van der Waals surface area contributed by atoms with Crippen molar-refractivity contribution >= 4 is 39.8 Å². The summed E-state index contributed by atoms with van der Waals surface area (Å²) in [6.45, 7) is 2.24. The van der Waals surface area contributed by atoms with Crippen LogP contribution in [-0.2, 0) is 20.3 Å². The molecular formula is C21H36IN3O3S. The Morgan fingerprint density at radius 1 is 1.17 bits per heavy atom. The van der Waals surface area contributed by atoms with Crippen molar-refractivity contribution in [1.29, 1.82) is 0 Å². The van der Waals surface area contributed by atoms with Crippen LogP contribution in [0.5, 0.6) is 0 Å². The third kappa shape index (κ3) is 9.65. The smallest absolute Gasteiger partial charge is 0.190 e. The number of nitrogens with one attached hydrogen (secondary N) is 2. The minimum Gasteiger partial charge on any atom is -0.385 e. The summed E-state index contributed by atoms with van der Waals surface area (Å²) in [4.78, 5) is 4.28. The van der Waals surface area contributed by atoms with E-state index in [1.54, 1.807) is 14.2 Å². The van der Waals surface area contributed by atoms with Gasteiger partial charge < -0.3 is 15.4 Å². The number of benzene rings is 1. The van der Waals surface area contributed by atoms with Gasteiger partial charge in [0.2, 0.25) is 0 Å². The van der Waals surface area contributed by atoms with Gasteiger partial charge in [-0.2, -0.15) is 0 Å². The topological polar surface area (TPSA) is 79.8 Å². The molecule has 8 heteroatoms. The molecule has 2 N–H and O–H groups in total. The van der Waals surface area contributed by atoms with Crippen LogP contribution in [0.4, 0.5) is 0 Å². The Balaban J connectivity index is 0.00000420. The fourth-order valence-corrected chi connectivity index (χ4v) is 5.28. The van der Waals surface area contributed by atoms with Crippen molar-refractivity contribution in [3.63, 3.8) is 0 Å². The molecule has 166 valence electrons. The van der Waals surface area contributed by atoms with E-state index in [9.17, 15) is 8.42 Å². The Morgan fingerprint density at radius 3 is 2.48 bits per heavy atom. The van der Waals surface area contributed by atoms with E-state index in [2.05, 4.69) is 15.6 Å². The van der Waals surface area contributed by atoms with E-state index in [4.69, 9.17) is 4.74 Å². The summed E-state index contributed by atoms with van der Waals surface area (Å²) in [6, 6.07) is 9.33. The van der Waals surface area contributed by atoms with E-state index in [1.807, 2.05) is 30.3 Å². The van der Waals surface area contributed by atoms with Crippen molar-refractivity contribution in [2.75, 3.05) is 39.6 Å². The van der Waals surface area contributed by atoms with E-state index in [0.717, 1.165) is 31.1 Å². The van der Waals surface area contributed by atoms with Crippen LogP contribution < -0.4 is 10.6 Å². The number of nitrogens with zero attached hydrogens (tertiary/aromatic N) is 1. The fourth-order valence-electron chi connectivity index (χ4n) is 3.85. The highest BCUT2D eigenvalue weighted by Crippen LogP contribution is 2.40. The number of sulfone groups is 1. The summed E-state index contributed by atoms with van der Waals surface area (Å²) < 4.78 is 29.8. The monoisotopic (exact) mass is 537 g/mol. The lowest BCUT2D eigenvalue weighted by Gasteiger charge is -2.30. The van der Waals surface area contributed by atoms with Crippen LogP contribution in [-0.4, -0.2) is 54.0 Å². The molecule has 1 saturated carbocycles. The maximum Gasteiger partial charge on any atom is 0.190 e. The quantitative estimate of drug-likeness (QED) is 0.196. The van der Waals surface area contributed by atoms with Crippen LogP contribution in [0.2, 0.25) is 0 Å². The highest BCUT2D eigenvalue weighted by atomic mass is 127. The Kier molecular flexibility index (Phi) is 12.1. The van der Waals surface area contributed by atoms with Crippen molar-refractivity contribution in [3.8, 4) is 0 Å². The van der Waals surface area contributed by atoms with E-state index in [1.165, 1.54) is 25.7 Å². The lowest BCUT2D eigenvalue weighted by molar-refractivity contribution is 0.138. The molecule has 0 aliphatic heterocycles. The molecule has 0 unspecified atom stereocenters. The van der Waals surface area contributed by atoms with Crippen LogP contribution in [0, 0.1) is 5.41 Å². The number of guanidine groups is 1. The predicted octanol–water partition coefficient (Wildman–Crippen LogP) is 3.37. The first-order chi connectivity index (χ1) is 13.5. The summed E-state index contributed by atoms with van der Waals surface area (Å²) in [5.74, 6) is 1.01. The molecule has 6 nitrogen and oxygen atoms in total. The second-order valence-electron chi connectivity index (χ2n) is 7.73. The Labute approximate surface area is 193 Å². The molecule has 0 spiro atoms. The zero-order valence-corrected chi connectivity index (χ0v) is 20.8. The molecule has 0 amide bonds. The highest BCUT2D eigenvalue weighted by Gasteiger charge is 2.33. The SMILES string of the molecule is CN=C(NCCCS(=O)(=O)Cc1ccccc1)NCC1(CCOC)CCCC1.I. The number of methoxy groups -OCH3 is 1. The van der Waals surface area contributed by atoms with Gasteiger partial charge in [0.25, 0.3) is 0 Å². The van der Waals surface area contributed by atoms with Gasteiger partial charge in [-0.05, 0) is 36.7 Å². The Bertz CT molecular complexity index is 705. The average Bonchev–Trinajstić information content (AvgIpc) is 3.15. The minimum atomic E-state index is -3.10. The molecule has 1 aliphatic rings. The lowest BCUT2D eigenvalue weighted by Crippen LogP contribution is -2.43. The number of hydrogen-bond acceptors (Lipinski definition) is 4. The van der Waals surface area contributed by atoms with Gasteiger partial charge in [0.1, 0.15) is 0 Å². The largest absolute Gasteiger partial charge is 0.385 e. The molecule has 29 heavy (non-hydrogen) atoms. The molecule has 1 aromatic carbocycles. The van der Waals surface area contributed by atoms with Crippen LogP contribution in [0.25, 0.3) is 0 Å². The number of aliphatic imine (C=N–C) groups is 1. The van der Waals surface area contributed by atoms with Crippen molar-refractivity contribution in [2.24, 2.45) is 10.4 Å². The van der Waals surface area contributed by atoms with Crippen LogP contribution >= 0.6 is 24.0 Å². The lowest BCUT2D eigenvalue weighted by atomic mass is 9.83. The molecule has 0 atom stereocenters. The van der Waals surface area contributed by atoms with Crippen LogP contribution in [0.15, 0.2) is 35.3 Å². The highest BCUT2D eigenvalue weighted by molar-refractivity contribution is 14.0. The molecule has 1 fully saturated rings. The predicted molar refractivity (Wildman–Crippen MR) is 131 cm³/mol. The summed E-state index contributed by atoms with van der Waals surface area (Å²) in [5, 5.41) is 6.68. The molecule has 0 saturated heterocycles. The standard InChI is InChI=1S/C21H35N3O3S.HI/c1-22-20(24-18-21(13-15-27-2)11-6-7-12-21)23-14-8-16-28(25,26)17-19-9-4-3-5-10-19;/h3-5,9-10H,6-8,11-18H2,1-2H3,(H2,22,23,24);1H. The van der Waals surface area contributed by atoms with Crippen molar-refractivity contribution in [2.45, 2.75) is 44.3 Å². The molecule has 0 bridgehead atoms. The molecule has 1 aromatic rings. The number of halogens is 1. The maximum atomic E-state index is 12.3. The fraction of sp³-hybridized carbons (Fsp3) is 0.667. The Morgan fingerprint density at radius 2 is 1.86 bits per heavy atom. The van der Waals surface area contributed by atoms with Crippen LogP contribution in [0.1, 0.15) is 44.1 Å². The summed E-state index contributed by atoms with van der Waals surface area (Å²) in [5.41, 5.74) is 1.12. The summed E-state index contributed by atoms with van der Waals surface area (Å²) >= 11 is 0. The zero-order chi connectivity index (χ0) is 20.3. The second-order valence-corrected chi connectivity index (χ2v) is 9.92. The first-order valence-corrected chi connectivity index (χ1v) is 12.0. The number of hydrogen-bond donors (Lipinski definition) is 2. The zero-order valence-electron chi connectivity index (χ0n) is 17.7. The molecule has 0 radical (unpaired) electrons. The van der Waals surface area contributed by atoms with Gasteiger partial charge in [-0.15, -0.1) is 24.0 Å². The van der Waals surface area contributed by atoms with Gasteiger partial charge in [0.15, 0.2) is 15.8 Å². The van der Waals surface area contributed by atoms with Gasteiger partial charge in [0.05, 0.1) is 11.5 Å². The van der Waals surface area contributed by atoms with E-state index in [-0.39, 0.29) is 40.9 Å². The maximum absolute atomic E-state index is 12.3. The average molecular weight is 538 g/mol. The molecular weight excluding hydrogens is 501 g/mol. The normalized spacial score (nSPS) is 16.3. The molecule has 1 aliphatic carbocycles.